The van der Waals surface area contributed by atoms with Crippen LogP contribution in [0, 0.1) is 23.7 Å². The molecule has 1 aliphatic carbocycles. The topological polar surface area (TPSA) is 104 Å². The van der Waals surface area contributed by atoms with Gasteiger partial charge in [0.1, 0.15) is 22.5 Å². The molecule has 0 bridgehead atoms. The normalized spacial score (nSPS) is 23.7. The number of rotatable bonds is 4. The first-order chi connectivity index (χ1) is 19.6. The highest BCUT2D eigenvalue weighted by molar-refractivity contribution is 5.98. The SMILES string of the molecule is CC(C)Oc1cc(C(=O)N2CC3C(C2)[C@@H]2CN(C(=O)c4ccc5n[nH]nc5c4)C[C@H]32)nc2cc(C(F)(F)F)ccc12.[HH].[HH]. The van der Waals surface area contributed by atoms with Crippen LogP contribution in [-0.4, -0.2) is 74.3 Å². The molecule has 1 saturated carbocycles. The maximum atomic E-state index is 13.6. The second-order valence-electron chi connectivity index (χ2n) is 11.5. The van der Waals surface area contributed by atoms with E-state index in [1.165, 1.54) is 12.1 Å². The summed E-state index contributed by atoms with van der Waals surface area (Å²) in [6, 6.07) is 10.1. The summed E-state index contributed by atoms with van der Waals surface area (Å²) in [6.45, 7) is 5.94. The van der Waals surface area contributed by atoms with Gasteiger partial charge in [0.15, 0.2) is 0 Å². The predicted molar refractivity (Wildman–Crippen MR) is 146 cm³/mol. The lowest BCUT2D eigenvalue weighted by atomic mass is 9.60. The molecule has 2 aromatic carbocycles. The molecule has 1 N–H and O–H groups in total. The summed E-state index contributed by atoms with van der Waals surface area (Å²) >= 11 is 0. The standard InChI is InChI=1S/C29H27F3N6O3.2H2/c1-14(2)41-26-9-25(33-23-8-16(29(30,31)32)4-5-17(23)26)28(40)38-12-20-18-10-37(11-19(18)21(20)13-38)27(39)15-3-6-22-24(7-15)35-36-34-22;;/h3-9,14,18-21H,10-13H2,1-2H3,(H,34,35,36);2*1H/t18-,19+,20?,21?;;. The number of carbonyl (C=O) groups excluding carboxylic acids is 2. The molecule has 216 valence electrons. The number of nitrogens with one attached hydrogen (secondary N) is 1. The molecule has 2 aliphatic heterocycles. The Morgan fingerprint density at radius 2 is 1.51 bits per heavy atom. The Balaban J connectivity index is 0.00000184. The van der Waals surface area contributed by atoms with Gasteiger partial charge in [0.25, 0.3) is 11.8 Å². The van der Waals surface area contributed by atoms with Crippen molar-refractivity contribution in [3.63, 3.8) is 0 Å². The van der Waals surface area contributed by atoms with Crippen LogP contribution >= 0.6 is 0 Å². The third kappa shape index (κ3) is 4.27. The van der Waals surface area contributed by atoms with Gasteiger partial charge in [0.2, 0.25) is 0 Å². The predicted octanol–water partition coefficient (Wildman–Crippen LogP) is 4.89. The van der Waals surface area contributed by atoms with E-state index in [-0.39, 0.29) is 43.8 Å². The van der Waals surface area contributed by atoms with Crippen LogP contribution in [0.15, 0.2) is 42.5 Å². The fourth-order valence-corrected chi connectivity index (χ4v) is 6.86. The van der Waals surface area contributed by atoms with Gasteiger partial charge in [-0.1, -0.05) is 0 Å². The monoisotopic (exact) mass is 568 g/mol. The summed E-state index contributed by atoms with van der Waals surface area (Å²) < 4.78 is 46.1. The Hall–Kier alpha value is -4.22. The van der Waals surface area contributed by atoms with E-state index in [0.717, 1.165) is 12.1 Å². The Kier molecular flexibility index (Phi) is 5.74. The summed E-state index contributed by atoms with van der Waals surface area (Å²) in [7, 11) is 0. The number of fused-ring (bicyclic) bond motifs is 6. The average Bonchev–Trinajstić information content (AvgIpc) is 3.65. The van der Waals surface area contributed by atoms with Gasteiger partial charge >= 0.3 is 6.18 Å². The van der Waals surface area contributed by atoms with Gasteiger partial charge in [0, 0.05) is 46.0 Å². The highest BCUT2D eigenvalue weighted by Gasteiger charge is 2.59. The number of halogens is 3. The van der Waals surface area contributed by atoms with Crippen molar-refractivity contribution in [3.8, 4) is 5.75 Å². The number of pyridine rings is 1. The molecule has 41 heavy (non-hydrogen) atoms. The summed E-state index contributed by atoms with van der Waals surface area (Å²) in [6.07, 6.45) is -4.77. The van der Waals surface area contributed by atoms with Crippen LogP contribution < -0.4 is 4.74 Å². The number of aromatic amines is 1. The zero-order valence-electron chi connectivity index (χ0n) is 22.4. The maximum absolute atomic E-state index is 13.6. The second kappa shape index (κ2) is 9.15. The zero-order valence-corrected chi connectivity index (χ0v) is 22.4. The van der Waals surface area contributed by atoms with Crippen molar-refractivity contribution in [2.75, 3.05) is 26.2 Å². The van der Waals surface area contributed by atoms with E-state index in [1.54, 1.807) is 23.1 Å². The molecular weight excluding hydrogens is 537 g/mol. The fraction of sp³-hybridized carbons (Fsp3) is 0.414. The average molecular weight is 569 g/mol. The van der Waals surface area contributed by atoms with Crippen LogP contribution in [0.5, 0.6) is 5.75 Å². The van der Waals surface area contributed by atoms with Crippen LogP contribution in [0.2, 0.25) is 0 Å². The first-order valence-electron chi connectivity index (χ1n) is 13.6. The molecule has 2 aromatic heterocycles. The molecule has 2 amide bonds. The molecular formula is C29H31F3N6O3. The lowest BCUT2D eigenvalue weighted by Gasteiger charge is -2.42. The zero-order chi connectivity index (χ0) is 28.6. The smallest absolute Gasteiger partial charge is 0.416 e. The number of aromatic nitrogens is 4. The molecule has 7 rings (SSSR count). The van der Waals surface area contributed by atoms with E-state index in [0.29, 0.717) is 65.7 Å². The summed E-state index contributed by atoms with van der Waals surface area (Å²) in [5.41, 5.74) is 1.22. The minimum atomic E-state index is -4.53. The van der Waals surface area contributed by atoms with Gasteiger partial charge in [-0.05, 0) is 73.9 Å². The highest BCUT2D eigenvalue weighted by atomic mass is 19.4. The molecule has 2 unspecified atom stereocenters. The van der Waals surface area contributed by atoms with Gasteiger partial charge in [-0.3, -0.25) is 9.59 Å². The van der Waals surface area contributed by atoms with Crippen LogP contribution in [-0.2, 0) is 6.18 Å². The van der Waals surface area contributed by atoms with E-state index in [4.69, 9.17) is 4.74 Å². The molecule has 0 radical (unpaired) electrons. The third-order valence-corrected chi connectivity index (χ3v) is 8.74. The highest BCUT2D eigenvalue weighted by Crippen LogP contribution is 2.54. The Bertz CT molecular complexity index is 1690. The minimum Gasteiger partial charge on any atom is -0.490 e. The van der Waals surface area contributed by atoms with Crippen LogP contribution in [0.1, 0.15) is 43.1 Å². The lowest BCUT2D eigenvalue weighted by molar-refractivity contribution is -0.137. The summed E-state index contributed by atoms with van der Waals surface area (Å²) in [5.74, 6) is 1.12. The molecule has 4 aromatic rings. The molecule has 0 spiro atoms. The van der Waals surface area contributed by atoms with Crippen LogP contribution in [0.3, 0.4) is 0 Å². The number of carbonyl (C=O) groups is 2. The molecule has 2 saturated heterocycles. The van der Waals surface area contributed by atoms with Crippen molar-refractivity contribution in [3.05, 3.63) is 59.3 Å². The lowest BCUT2D eigenvalue weighted by Crippen LogP contribution is -2.44. The Morgan fingerprint density at radius 3 is 2.15 bits per heavy atom. The number of amides is 2. The number of nitrogens with zero attached hydrogens (tertiary/aromatic N) is 5. The van der Waals surface area contributed by atoms with Crippen molar-refractivity contribution < 1.29 is 30.4 Å². The van der Waals surface area contributed by atoms with Crippen molar-refractivity contribution in [1.82, 2.24) is 30.2 Å². The number of hydrogen-bond donors (Lipinski definition) is 1. The van der Waals surface area contributed by atoms with E-state index >= 15 is 0 Å². The number of H-pyrrole nitrogens is 1. The molecule has 3 aliphatic rings. The van der Waals surface area contributed by atoms with Crippen molar-refractivity contribution >= 4 is 33.8 Å². The number of likely N-dealkylation sites (tertiary alicyclic amines) is 2. The Morgan fingerprint density at radius 1 is 0.878 bits per heavy atom. The molecule has 3 fully saturated rings. The second-order valence-corrected chi connectivity index (χ2v) is 11.5. The first kappa shape index (κ1) is 25.7. The van der Waals surface area contributed by atoms with Gasteiger partial charge in [-0.2, -0.15) is 28.6 Å². The van der Waals surface area contributed by atoms with E-state index in [2.05, 4.69) is 20.4 Å². The number of alkyl halides is 3. The van der Waals surface area contributed by atoms with E-state index < -0.39 is 11.7 Å². The van der Waals surface area contributed by atoms with Gasteiger partial charge < -0.3 is 14.5 Å². The van der Waals surface area contributed by atoms with Crippen molar-refractivity contribution in [1.29, 1.82) is 0 Å². The van der Waals surface area contributed by atoms with Crippen molar-refractivity contribution in [2.45, 2.75) is 26.1 Å². The Labute approximate surface area is 235 Å². The summed E-state index contributed by atoms with van der Waals surface area (Å²) in [4.78, 5) is 34.8. The largest absolute Gasteiger partial charge is 0.490 e. The van der Waals surface area contributed by atoms with Crippen molar-refractivity contribution in [2.24, 2.45) is 23.7 Å². The molecule has 12 heteroatoms. The van der Waals surface area contributed by atoms with Crippen LogP contribution in [0.4, 0.5) is 13.2 Å². The van der Waals surface area contributed by atoms with E-state index in [1.807, 2.05) is 18.7 Å². The number of benzene rings is 2. The molecule has 4 atom stereocenters. The van der Waals surface area contributed by atoms with E-state index in [9.17, 15) is 22.8 Å². The van der Waals surface area contributed by atoms with Gasteiger partial charge in [-0.15, -0.1) is 0 Å². The molecule has 4 heterocycles. The maximum Gasteiger partial charge on any atom is 0.416 e. The van der Waals surface area contributed by atoms with Gasteiger partial charge in [-0.25, -0.2) is 4.98 Å². The van der Waals surface area contributed by atoms with Gasteiger partial charge in [0.05, 0.1) is 17.2 Å². The molecule has 9 nitrogen and oxygen atoms in total. The first-order valence-corrected chi connectivity index (χ1v) is 13.6. The third-order valence-electron chi connectivity index (χ3n) is 8.74. The van der Waals surface area contributed by atoms with Crippen LogP contribution in [0.25, 0.3) is 21.9 Å². The minimum absolute atomic E-state index is 0. The summed E-state index contributed by atoms with van der Waals surface area (Å²) in [5, 5.41) is 11.1. The quantitative estimate of drug-likeness (QED) is 0.376. The fourth-order valence-electron chi connectivity index (χ4n) is 6.86. The number of ether oxygens (including phenoxy) is 1. The number of hydrogen-bond acceptors (Lipinski definition) is 6.